The van der Waals surface area contributed by atoms with E-state index in [1.165, 1.54) is 0 Å². The number of carbonyl (C=O) groups excluding carboxylic acids is 1. The van der Waals surface area contributed by atoms with Gasteiger partial charge in [-0.1, -0.05) is 12.1 Å². The lowest BCUT2D eigenvalue weighted by molar-refractivity contribution is 0.0653. The summed E-state index contributed by atoms with van der Waals surface area (Å²) in [4.78, 5) is 33.0. The van der Waals surface area contributed by atoms with Gasteiger partial charge in [-0.15, -0.1) is 18.5 Å². The van der Waals surface area contributed by atoms with Crippen LogP contribution in [0.1, 0.15) is 69.1 Å². The number of nitrogens with zero attached hydrogens (tertiary/aromatic N) is 6. The van der Waals surface area contributed by atoms with Crippen LogP contribution in [0, 0.1) is 0 Å². The molecule has 0 radical (unpaired) electrons. The summed E-state index contributed by atoms with van der Waals surface area (Å²) in [7, 11) is 5.63. The fourth-order valence-electron chi connectivity index (χ4n) is 5.11. The molecule has 0 spiro atoms. The van der Waals surface area contributed by atoms with E-state index < -0.39 is 6.04 Å². The van der Waals surface area contributed by atoms with Gasteiger partial charge < -0.3 is 14.3 Å². The van der Waals surface area contributed by atoms with Gasteiger partial charge in [0.15, 0.2) is 0 Å². The molecular weight excluding hydrogens is 504 g/mol. The molecule has 1 saturated carbocycles. The number of H-pyrrole nitrogens is 1. The third-order valence-corrected chi connectivity index (χ3v) is 7.79. The van der Waals surface area contributed by atoms with Crippen molar-refractivity contribution in [2.75, 3.05) is 6.54 Å². The number of hydrogen-bond acceptors (Lipinski definition) is 6. The van der Waals surface area contributed by atoms with Gasteiger partial charge in [0.2, 0.25) is 11.7 Å². The Bertz CT molecular complexity index is 1620. The molecule has 0 saturated heterocycles. The van der Waals surface area contributed by atoms with Crippen LogP contribution in [0.4, 0.5) is 0 Å². The van der Waals surface area contributed by atoms with E-state index in [1.807, 2.05) is 39.9 Å². The highest BCUT2D eigenvalue weighted by atomic mass is 31.1. The summed E-state index contributed by atoms with van der Waals surface area (Å²) in [6.07, 6.45) is 8.00. The Morgan fingerprint density at radius 1 is 1.14 bits per heavy atom. The van der Waals surface area contributed by atoms with E-state index in [9.17, 15) is 4.79 Å². The number of amides is 1. The smallest absolute Gasteiger partial charge is 0.292 e. The molecule has 1 fully saturated rings. The van der Waals surface area contributed by atoms with Crippen molar-refractivity contribution in [3.8, 4) is 11.6 Å². The van der Waals surface area contributed by atoms with Gasteiger partial charge in [0, 0.05) is 42.4 Å². The van der Waals surface area contributed by atoms with Crippen molar-refractivity contribution >= 4 is 29.9 Å². The summed E-state index contributed by atoms with van der Waals surface area (Å²) < 4.78 is 8.03. The first kappa shape index (κ1) is 22.8. The van der Waals surface area contributed by atoms with Gasteiger partial charge in [0.1, 0.15) is 11.7 Å². The van der Waals surface area contributed by atoms with E-state index in [0.29, 0.717) is 30.3 Å². The second-order valence-electron chi connectivity index (χ2n) is 9.53. The molecule has 0 aromatic carbocycles. The lowest BCUT2D eigenvalue weighted by Gasteiger charge is -2.33. The van der Waals surface area contributed by atoms with Gasteiger partial charge in [-0.25, -0.2) is 14.5 Å². The summed E-state index contributed by atoms with van der Waals surface area (Å²) in [6, 6.07) is 11.3. The average molecular weight is 529 g/mol. The highest BCUT2D eigenvalue weighted by molar-refractivity contribution is 7.37. The predicted molar refractivity (Wildman–Crippen MR) is 144 cm³/mol. The molecule has 2 unspecified atom stereocenters. The standard InChI is InChI=1S/C26H25N7O2P2/c34-25(23-20(14-6-7-14)30-24(35-23)17-5-1-2-9-27-17)32-11-8-16-21(29-13-28-16)22(32)18-12-19-15(26(36)37)4-3-10-33(19)31-18/h1-5,9-10,12-14,22,26H,6-8,11,36-37H2,(H,28,29)/t22-/m0/s1. The monoisotopic (exact) mass is 529 g/mol. The third kappa shape index (κ3) is 3.89. The van der Waals surface area contributed by atoms with E-state index >= 15 is 0 Å². The first-order valence-corrected chi connectivity index (χ1v) is 13.7. The molecule has 3 atom stereocenters. The summed E-state index contributed by atoms with van der Waals surface area (Å²) in [5.74, 6) is 0.723. The first-order valence-electron chi connectivity index (χ1n) is 12.3. The summed E-state index contributed by atoms with van der Waals surface area (Å²) in [6.45, 7) is 0.513. The third-order valence-electron chi connectivity index (χ3n) is 7.07. The number of hydrogen-bond donors (Lipinski definition) is 1. The van der Waals surface area contributed by atoms with E-state index in [2.05, 4.69) is 45.6 Å². The minimum atomic E-state index is -0.446. The molecule has 5 aromatic heterocycles. The molecule has 1 aliphatic carbocycles. The number of fused-ring (bicyclic) bond motifs is 2. The lowest BCUT2D eigenvalue weighted by atomic mass is 9.99. The summed E-state index contributed by atoms with van der Waals surface area (Å²) in [5, 5.41) is 5.08. The van der Waals surface area contributed by atoms with Gasteiger partial charge in [-0.05, 0) is 42.7 Å². The zero-order chi connectivity index (χ0) is 25.1. The number of pyridine rings is 2. The average Bonchev–Trinajstić information content (AvgIpc) is 3.31. The van der Waals surface area contributed by atoms with E-state index in [-0.39, 0.29) is 17.2 Å². The predicted octanol–water partition coefficient (Wildman–Crippen LogP) is 4.52. The fourth-order valence-corrected chi connectivity index (χ4v) is 5.68. The molecule has 37 heavy (non-hydrogen) atoms. The van der Waals surface area contributed by atoms with E-state index in [0.717, 1.165) is 46.7 Å². The Labute approximate surface area is 217 Å². The number of aromatic amines is 1. The van der Waals surface area contributed by atoms with Crippen molar-refractivity contribution in [1.29, 1.82) is 0 Å². The van der Waals surface area contributed by atoms with Crippen molar-refractivity contribution in [2.24, 2.45) is 0 Å². The zero-order valence-electron chi connectivity index (χ0n) is 19.9. The Morgan fingerprint density at radius 3 is 2.81 bits per heavy atom. The van der Waals surface area contributed by atoms with Gasteiger partial charge >= 0.3 is 0 Å². The second kappa shape index (κ2) is 8.86. The SMILES string of the molecule is O=C(c1oc(-c2ccccn2)nc1C1CC1)N1CCc2[nH]cnc2[C@@H]1c1cc2c(C(P)P)cccn2n1. The summed E-state index contributed by atoms with van der Waals surface area (Å²) >= 11 is 0. The molecule has 1 amide bonds. The Hall–Kier alpha value is -3.41. The molecule has 9 nitrogen and oxygen atoms in total. The fraction of sp³-hybridized carbons (Fsp3) is 0.269. The van der Waals surface area contributed by atoms with Crippen molar-refractivity contribution < 1.29 is 9.21 Å². The normalized spacial score (nSPS) is 17.5. The number of carbonyl (C=O) groups is 1. The molecule has 2 aliphatic rings. The summed E-state index contributed by atoms with van der Waals surface area (Å²) in [5.41, 5.74) is 6.08. The number of rotatable bonds is 5. The van der Waals surface area contributed by atoms with Crippen LogP contribution in [0.15, 0.2) is 59.5 Å². The van der Waals surface area contributed by atoms with E-state index in [1.54, 1.807) is 12.5 Å². The van der Waals surface area contributed by atoms with Gasteiger partial charge in [-0.3, -0.25) is 9.78 Å². The Kier molecular flexibility index (Phi) is 5.45. The molecule has 186 valence electrons. The molecule has 1 N–H and O–H groups in total. The van der Waals surface area contributed by atoms with Crippen LogP contribution in [0.3, 0.4) is 0 Å². The van der Waals surface area contributed by atoms with Crippen LogP contribution in [-0.4, -0.2) is 46.9 Å². The Balaban J connectivity index is 1.34. The van der Waals surface area contributed by atoms with Crippen LogP contribution in [0.25, 0.3) is 17.1 Å². The molecule has 0 bridgehead atoms. The maximum Gasteiger partial charge on any atom is 0.292 e. The highest BCUT2D eigenvalue weighted by Gasteiger charge is 2.41. The maximum atomic E-state index is 14.2. The van der Waals surface area contributed by atoms with Crippen molar-refractivity contribution in [1.82, 2.24) is 34.4 Å². The van der Waals surface area contributed by atoms with Crippen LogP contribution < -0.4 is 0 Å². The van der Waals surface area contributed by atoms with Gasteiger partial charge in [-0.2, -0.15) is 5.10 Å². The van der Waals surface area contributed by atoms with Crippen molar-refractivity contribution in [2.45, 2.75) is 36.6 Å². The lowest BCUT2D eigenvalue weighted by Crippen LogP contribution is -2.41. The quantitative estimate of drug-likeness (QED) is 0.336. The second-order valence-corrected chi connectivity index (χ2v) is 11.7. The number of nitrogens with one attached hydrogen (secondary N) is 1. The number of aromatic nitrogens is 6. The van der Waals surface area contributed by atoms with Crippen LogP contribution in [0.2, 0.25) is 0 Å². The molecular formula is C26H25N7O2P2. The molecule has 1 aliphatic heterocycles. The number of oxazole rings is 1. The van der Waals surface area contributed by atoms with Crippen molar-refractivity contribution in [3.63, 3.8) is 0 Å². The molecule has 7 rings (SSSR count). The van der Waals surface area contributed by atoms with E-state index in [4.69, 9.17) is 14.5 Å². The minimum absolute atomic E-state index is 0.179. The maximum absolute atomic E-state index is 14.2. The van der Waals surface area contributed by atoms with Crippen LogP contribution in [-0.2, 0) is 6.42 Å². The molecule has 6 heterocycles. The minimum Gasteiger partial charge on any atom is -0.429 e. The Morgan fingerprint density at radius 2 is 2.03 bits per heavy atom. The van der Waals surface area contributed by atoms with Crippen molar-refractivity contribution in [3.05, 3.63) is 89.2 Å². The van der Waals surface area contributed by atoms with Gasteiger partial charge in [0.25, 0.3) is 5.91 Å². The zero-order valence-corrected chi connectivity index (χ0v) is 22.2. The number of imidazole rings is 1. The van der Waals surface area contributed by atoms with Crippen LogP contribution in [0.5, 0.6) is 0 Å². The van der Waals surface area contributed by atoms with Gasteiger partial charge in [0.05, 0.1) is 28.9 Å². The largest absolute Gasteiger partial charge is 0.429 e. The molecule has 11 heteroatoms. The topological polar surface area (TPSA) is 105 Å². The first-order chi connectivity index (χ1) is 18.1. The highest BCUT2D eigenvalue weighted by Crippen LogP contribution is 2.44. The van der Waals surface area contributed by atoms with Crippen LogP contribution >= 0.6 is 18.5 Å². The molecule has 5 aromatic rings.